The van der Waals surface area contributed by atoms with E-state index in [1.54, 1.807) is 0 Å². The molecule has 0 radical (unpaired) electrons. The van der Waals surface area contributed by atoms with Crippen molar-refractivity contribution in [3.05, 3.63) is 35.9 Å². The zero-order chi connectivity index (χ0) is 19.7. The highest BCUT2D eigenvalue weighted by Crippen LogP contribution is 2.15. The van der Waals surface area contributed by atoms with Gasteiger partial charge in [-0.05, 0) is 18.4 Å². The number of ether oxygens (including phenoxy) is 1. The molecule has 1 aromatic rings. The van der Waals surface area contributed by atoms with Crippen LogP contribution in [-0.2, 0) is 16.1 Å². The van der Waals surface area contributed by atoms with Crippen LogP contribution in [0, 0.1) is 0 Å². The van der Waals surface area contributed by atoms with E-state index >= 15 is 0 Å². The van der Waals surface area contributed by atoms with Crippen LogP contribution in [0.1, 0.15) is 83.6 Å². The first kappa shape index (κ1) is 23.6. The lowest BCUT2D eigenvalue weighted by Gasteiger charge is -2.27. The van der Waals surface area contributed by atoms with Crippen molar-refractivity contribution in [3.8, 4) is 0 Å². The number of carbonyl (C=O) groups excluding carboxylic acids is 1. The first-order valence-electron chi connectivity index (χ1n) is 10.9. The van der Waals surface area contributed by atoms with Gasteiger partial charge >= 0.3 is 0 Å². The quantitative estimate of drug-likeness (QED) is 0.401. The van der Waals surface area contributed by atoms with E-state index in [0.29, 0.717) is 19.6 Å². The molecule has 0 aliphatic carbocycles. The fourth-order valence-electron chi connectivity index (χ4n) is 3.25. The van der Waals surface area contributed by atoms with Crippen LogP contribution in [0.5, 0.6) is 0 Å². The number of benzene rings is 1. The summed E-state index contributed by atoms with van der Waals surface area (Å²) in [4.78, 5) is 12.3. The van der Waals surface area contributed by atoms with E-state index in [9.17, 15) is 4.79 Å². The Hall–Kier alpha value is -1.39. The van der Waals surface area contributed by atoms with Crippen LogP contribution >= 0.6 is 0 Å². The Balaban J connectivity index is 2.57. The van der Waals surface area contributed by atoms with Gasteiger partial charge < -0.3 is 15.8 Å². The zero-order valence-electron chi connectivity index (χ0n) is 17.4. The molecule has 0 aliphatic heterocycles. The molecule has 0 aromatic heterocycles. The second-order valence-electron chi connectivity index (χ2n) is 7.40. The Bertz CT molecular complexity index is 479. The maximum atomic E-state index is 12.3. The molecular formula is C23H40N2O2. The number of hydrogen-bond donors (Lipinski definition) is 2. The van der Waals surface area contributed by atoms with Gasteiger partial charge in [-0.15, -0.1) is 0 Å². The van der Waals surface area contributed by atoms with Crippen molar-refractivity contribution in [1.29, 1.82) is 0 Å². The molecule has 154 valence electrons. The molecule has 1 rings (SSSR count). The van der Waals surface area contributed by atoms with Crippen molar-refractivity contribution >= 4 is 5.91 Å². The molecule has 0 saturated heterocycles. The molecule has 1 amide bonds. The molecule has 4 heteroatoms. The topological polar surface area (TPSA) is 64.3 Å². The van der Waals surface area contributed by atoms with Crippen LogP contribution in [0.25, 0.3) is 0 Å². The summed E-state index contributed by atoms with van der Waals surface area (Å²) in [5.41, 5.74) is 7.15. The molecule has 0 fully saturated rings. The highest BCUT2D eigenvalue weighted by atomic mass is 16.5. The van der Waals surface area contributed by atoms with E-state index in [1.807, 2.05) is 18.2 Å². The molecule has 0 bridgehead atoms. The fraction of sp³-hybridized carbons (Fsp3) is 0.696. The predicted molar refractivity (Wildman–Crippen MR) is 114 cm³/mol. The van der Waals surface area contributed by atoms with Crippen LogP contribution in [-0.4, -0.2) is 24.6 Å². The van der Waals surface area contributed by atoms with Gasteiger partial charge in [0.25, 0.3) is 0 Å². The van der Waals surface area contributed by atoms with Gasteiger partial charge in [0, 0.05) is 13.0 Å². The average molecular weight is 377 g/mol. The van der Waals surface area contributed by atoms with E-state index in [-0.39, 0.29) is 18.1 Å². The summed E-state index contributed by atoms with van der Waals surface area (Å²) in [6.07, 6.45) is 10.7. The fourth-order valence-corrected chi connectivity index (χ4v) is 3.25. The minimum atomic E-state index is -0.117. The average Bonchev–Trinajstić information content (AvgIpc) is 2.69. The number of nitrogens with two attached hydrogens (primary N) is 1. The molecule has 0 unspecified atom stereocenters. The second kappa shape index (κ2) is 15.6. The van der Waals surface area contributed by atoms with Crippen molar-refractivity contribution in [1.82, 2.24) is 5.32 Å². The number of nitrogens with one attached hydrogen (secondary N) is 1. The van der Waals surface area contributed by atoms with Gasteiger partial charge in [0.1, 0.15) is 0 Å². The highest BCUT2D eigenvalue weighted by molar-refractivity contribution is 5.76. The summed E-state index contributed by atoms with van der Waals surface area (Å²) in [5.74, 6) is 0.0956. The number of unbranched alkanes of at least 4 members (excludes halogenated alkanes) is 6. The van der Waals surface area contributed by atoms with Crippen molar-refractivity contribution in [2.24, 2.45) is 5.73 Å². The summed E-state index contributed by atoms with van der Waals surface area (Å²) in [5, 5.41) is 3.13. The molecule has 4 nitrogen and oxygen atoms in total. The van der Waals surface area contributed by atoms with Gasteiger partial charge in [-0.3, -0.25) is 4.79 Å². The lowest BCUT2D eigenvalue weighted by Crippen LogP contribution is -2.49. The molecule has 0 heterocycles. The third-order valence-electron chi connectivity index (χ3n) is 4.96. The normalized spacial score (nSPS) is 13.3. The van der Waals surface area contributed by atoms with Crippen LogP contribution < -0.4 is 11.1 Å². The molecule has 2 atom stereocenters. The Labute approximate surface area is 166 Å². The van der Waals surface area contributed by atoms with Crippen molar-refractivity contribution in [2.45, 2.75) is 96.8 Å². The van der Waals surface area contributed by atoms with Crippen molar-refractivity contribution < 1.29 is 9.53 Å². The standard InChI is InChI=1S/C23H40N2O2/c1-3-5-7-8-13-16-22(27-19-20-14-11-9-12-15-20)21(18-24)25-23(26)17-10-6-4-2/h9,11-12,14-15,21-22H,3-8,10,13,16-19,24H2,1-2H3,(H,25,26)/t21-,22+/m0/s1. The number of amides is 1. The Morgan fingerprint density at radius 3 is 2.33 bits per heavy atom. The molecule has 0 saturated carbocycles. The maximum absolute atomic E-state index is 12.3. The number of carbonyl (C=O) groups is 1. The second-order valence-corrected chi connectivity index (χ2v) is 7.40. The molecule has 0 aliphatic rings. The summed E-state index contributed by atoms with van der Waals surface area (Å²) in [6, 6.07) is 10.1. The van der Waals surface area contributed by atoms with Gasteiger partial charge in [0.05, 0.1) is 18.8 Å². The van der Waals surface area contributed by atoms with Gasteiger partial charge in [-0.2, -0.15) is 0 Å². The van der Waals surface area contributed by atoms with Gasteiger partial charge in [-0.1, -0.05) is 89.1 Å². The smallest absolute Gasteiger partial charge is 0.220 e. The number of hydrogen-bond acceptors (Lipinski definition) is 3. The molecule has 0 spiro atoms. The van der Waals surface area contributed by atoms with Crippen molar-refractivity contribution in [3.63, 3.8) is 0 Å². The van der Waals surface area contributed by atoms with Gasteiger partial charge in [0.2, 0.25) is 5.91 Å². The first-order valence-corrected chi connectivity index (χ1v) is 10.9. The molecule has 27 heavy (non-hydrogen) atoms. The van der Waals surface area contributed by atoms with Crippen LogP contribution in [0.15, 0.2) is 30.3 Å². The van der Waals surface area contributed by atoms with E-state index in [0.717, 1.165) is 37.7 Å². The van der Waals surface area contributed by atoms with Crippen LogP contribution in [0.2, 0.25) is 0 Å². The van der Waals surface area contributed by atoms with Gasteiger partial charge in [-0.25, -0.2) is 0 Å². The molecule has 1 aromatic carbocycles. The summed E-state index contributed by atoms with van der Waals surface area (Å²) >= 11 is 0. The lowest BCUT2D eigenvalue weighted by molar-refractivity contribution is -0.123. The Kier molecular flexibility index (Phi) is 13.7. The van der Waals surface area contributed by atoms with Crippen molar-refractivity contribution in [2.75, 3.05) is 6.54 Å². The Morgan fingerprint density at radius 2 is 1.67 bits per heavy atom. The Morgan fingerprint density at radius 1 is 1.00 bits per heavy atom. The van der Waals surface area contributed by atoms with Gasteiger partial charge in [0.15, 0.2) is 0 Å². The maximum Gasteiger partial charge on any atom is 0.220 e. The van der Waals surface area contributed by atoms with E-state index < -0.39 is 0 Å². The highest BCUT2D eigenvalue weighted by Gasteiger charge is 2.22. The monoisotopic (exact) mass is 376 g/mol. The van der Waals surface area contributed by atoms with Crippen LogP contribution in [0.4, 0.5) is 0 Å². The zero-order valence-corrected chi connectivity index (χ0v) is 17.4. The third kappa shape index (κ3) is 11.1. The lowest BCUT2D eigenvalue weighted by atomic mass is 10.0. The third-order valence-corrected chi connectivity index (χ3v) is 4.96. The summed E-state index contributed by atoms with van der Waals surface area (Å²) in [7, 11) is 0. The first-order chi connectivity index (χ1) is 13.2. The summed E-state index contributed by atoms with van der Waals surface area (Å²) in [6.45, 7) is 5.34. The minimum absolute atomic E-state index is 0.0352. The molecule has 3 N–H and O–H groups in total. The van der Waals surface area contributed by atoms with E-state index in [4.69, 9.17) is 10.5 Å². The number of rotatable bonds is 16. The summed E-state index contributed by atoms with van der Waals surface area (Å²) < 4.78 is 6.22. The van der Waals surface area contributed by atoms with E-state index in [1.165, 1.54) is 25.7 Å². The van der Waals surface area contributed by atoms with Crippen LogP contribution in [0.3, 0.4) is 0 Å². The minimum Gasteiger partial charge on any atom is -0.371 e. The molecular weight excluding hydrogens is 336 g/mol. The SMILES string of the molecule is CCCCCCC[C@@H](OCc1ccccc1)[C@H](CN)NC(=O)CCCCC. The predicted octanol–water partition coefficient (Wildman–Crippen LogP) is 4.96. The largest absolute Gasteiger partial charge is 0.371 e. The van der Waals surface area contributed by atoms with E-state index in [2.05, 4.69) is 31.3 Å².